The van der Waals surface area contributed by atoms with E-state index in [-0.39, 0.29) is 25.7 Å². The van der Waals surface area contributed by atoms with Crippen LogP contribution in [0, 0.1) is 0 Å². The number of carbonyl (C=O) groups is 2. The van der Waals surface area contributed by atoms with Crippen LogP contribution in [0.4, 0.5) is 0 Å². The first kappa shape index (κ1) is 59.4. The van der Waals surface area contributed by atoms with Crippen molar-refractivity contribution in [2.45, 2.75) is 210 Å². The first-order valence-electron chi connectivity index (χ1n) is 23.4. The van der Waals surface area contributed by atoms with Gasteiger partial charge in [-0.25, -0.2) is 4.57 Å². The molecule has 1 saturated carbocycles. The smallest absolute Gasteiger partial charge is 0.462 e. The van der Waals surface area contributed by atoms with Crippen LogP contribution >= 0.6 is 7.82 Å². The largest absolute Gasteiger partial charge is 0.472 e. The number of hydrogen-bond acceptors (Lipinski definition) is 15. The van der Waals surface area contributed by atoms with E-state index in [2.05, 4.69) is 6.92 Å². The quantitative estimate of drug-likeness (QED) is 0.0116. The Balaban J connectivity index is 2.60. The topological polar surface area (TPSA) is 270 Å². The molecule has 0 amide bonds. The molecule has 64 heavy (non-hydrogen) atoms. The van der Waals surface area contributed by atoms with E-state index < -0.39 is 94.0 Å². The summed E-state index contributed by atoms with van der Waals surface area (Å²) in [4.78, 5) is 35.8. The zero-order valence-electron chi connectivity index (χ0n) is 38.1. The summed E-state index contributed by atoms with van der Waals surface area (Å²) < 4.78 is 33.3. The Bertz CT molecular complexity index is 1400. The number of rotatable bonds is 37. The van der Waals surface area contributed by atoms with E-state index in [1.54, 1.807) is 42.5 Å². The molecule has 0 bridgehead atoms. The van der Waals surface area contributed by atoms with Gasteiger partial charge in [-0.2, -0.15) is 0 Å². The molecule has 0 radical (unpaired) electrons. The molecule has 17 heteroatoms. The summed E-state index contributed by atoms with van der Waals surface area (Å²) in [5.74, 6) is -1.43. The molecular weight excluding hydrogens is 851 g/mol. The molecule has 0 aromatic carbocycles. The van der Waals surface area contributed by atoms with Gasteiger partial charge in [0.25, 0.3) is 0 Å². The van der Waals surface area contributed by atoms with Crippen LogP contribution in [-0.2, 0) is 32.7 Å². The summed E-state index contributed by atoms with van der Waals surface area (Å²) >= 11 is 0. The molecule has 9 N–H and O–H groups in total. The third-order valence-electron chi connectivity index (χ3n) is 10.7. The fourth-order valence-electron chi connectivity index (χ4n) is 6.81. The summed E-state index contributed by atoms with van der Waals surface area (Å²) in [7, 11) is -5.20. The molecule has 1 aliphatic carbocycles. The van der Waals surface area contributed by atoms with Gasteiger partial charge in [0.15, 0.2) is 6.10 Å². The number of ether oxygens (including phenoxy) is 2. The first-order valence-corrected chi connectivity index (χ1v) is 24.9. The average Bonchev–Trinajstić information content (AvgIpc) is 3.26. The first-order chi connectivity index (χ1) is 30.6. The van der Waals surface area contributed by atoms with Gasteiger partial charge in [0, 0.05) is 12.8 Å². The van der Waals surface area contributed by atoms with Gasteiger partial charge in [-0.15, -0.1) is 0 Å². The molecule has 11 atom stereocenters. The lowest BCUT2D eigenvalue weighted by Gasteiger charge is -2.41. The molecular formula is C47H81O16P. The van der Waals surface area contributed by atoms with Gasteiger partial charge >= 0.3 is 19.8 Å². The minimum absolute atomic E-state index is 0.0233. The SMILES string of the molecule is CC/C=C\C[C@@H](O)/C=C/C=C/C=C\C=C/[C@H](O)[C@@H](O)CCCC(=O)OC[C@H](COP(=O)(O)OC1[C@H](O)[C@H](O)C(O)[C@H](O)[C@H]1O)OC(=O)CCCCCCCCCCCCCCCCC. The second-order valence-corrected chi connectivity index (χ2v) is 17.9. The molecule has 370 valence electrons. The summed E-state index contributed by atoms with van der Waals surface area (Å²) in [6, 6.07) is 0. The lowest BCUT2D eigenvalue weighted by Crippen LogP contribution is -2.64. The van der Waals surface area contributed by atoms with Crippen molar-refractivity contribution < 1.29 is 78.4 Å². The van der Waals surface area contributed by atoms with Crippen molar-refractivity contribution in [2.75, 3.05) is 13.2 Å². The molecule has 0 heterocycles. The van der Waals surface area contributed by atoms with Crippen LogP contribution in [0.15, 0.2) is 60.8 Å². The van der Waals surface area contributed by atoms with Crippen molar-refractivity contribution in [3.8, 4) is 0 Å². The summed E-state index contributed by atoms with van der Waals surface area (Å²) in [6.45, 7) is 2.81. The van der Waals surface area contributed by atoms with Crippen LogP contribution in [0.3, 0.4) is 0 Å². The molecule has 0 aliphatic heterocycles. The zero-order chi connectivity index (χ0) is 47.6. The molecule has 0 aromatic heterocycles. The predicted molar refractivity (Wildman–Crippen MR) is 244 cm³/mol. The maximum absolute atomic E-state index is 12.8. The number of phosphoric acid groups is 1. The molecule has 0 spiro atoms. The fraction of sp³-hybridized carbons (Fsp3) is 0.745. The lowest BCUT2D eigenvalue weighted by atomic mass is 9.85. The minimum atomic E-state index is -5.20. The van der Waals surface area contributed by atoms with Crippen LogP contribution in [0.2, 0.25) is 0 Å². The summed E-state index contributed by atoms with van der Waals surface area (Å²) in [5.41, 5.74) is 0. The van der Waals surface area contributed by atoms with Gasteiger partial charge < -0.3 is 55.2 Å². The highest BCUT2D eigenvalue weighted by Gasteiger charge is 2.51. The molecule has 1 fully saturated rings. The van der Waals surface area contributed by atoms with Crippen molar-refractivity contribution >= 4 is 19.8 Å². The van der Waals surface area contributed by atoms with E-state index in [4.69, 9.17) is 18.5 Å². The van der Waals surface area contributed by atoms with E-state index in [0.717, 1.165) is 32.1 Å². The number of allylic oxidation sites excluding steroid dienone is 7. The average molecular weight is 933 g/mol. The maximum atomic E-state index is 12.8. The van der Waals surface area contributed by atoms with Gasteiger partial charge in [-0.3, -0.25) is 18.6 Å². The number of esters is 2. The van der Waals surface area contributed by atoms with Gasteiger partial charge in [0.1, 0.15) is 43.2 Å². The van der Waals surface area contributed by atoms with Gasteiger partial charge in [-0.05, 0) is 32.1 Å². The highest BCUT2D eigenvalue weighted by molar-refractivity contribution is 7.47. The predicted octanol–water partition coefficient (Wildman–Crippen LogP) is 5.86. The molecule has 0 saturated heterocycles. The fourth-order valence-corrected chi connectivity index (χ4v) is 7.78. The van der Waals surface area contributed by atoms with E-state index in [9.17, 15) is 59.9 Å². The Morgan fingerprint density at radius 3 is 1.62 bits per heavy atom. The van der Waals surface area contributed by atoms with E-state index in [1.807, 2.05) is 19.1 Å². The van der Waals surface area contributed by atoms with Gasteiger partial charge in [0.05, 0.1) is 24.9 Å². The highest BCUT2D eigenvalue weighted by Crippen LogP contribution is 2.47. The lowest BCUT2D eigenvalue weighted by molar-refractivity contribution is -0.220. The monoisotopic (exact) mass is 933 g/mol. The van der Waals surface area contributed by atoms with Gasteiger partial charge in [-0.1, -0.05) is 164 Å². The number of carbonyl (C=O) groups excluding carboxylic acids is 2. The van der Waals surface area contributed by atoms with E-state index >= 15 is 0 Å². The number of aliphatic hydroxyl groups is 8. The number of aliphatic hydroxyl groups excluding tert-OH is 8. The van der Waals surface area contributed by atoms with Gasteiger partial charge in [0.2, 0.25) is 0 Å². The van der Waals surface area contributed by atoms with Crippen LogP contribution in [0.1, 0.15) is 149 Å². The Morgan fingerprint density at radius 2 is 1.08 bits per heavy atom. The van der Waals surface area contributed by atoms with Crippen LogP contribution < -0.4 is 0 Å². The van der Waals surface area contributed by atoms with Crippen molar-refractivity contribution in [1.82, 2.24) is 0 Å². The molecule has 0 aromatic rings. The number of unbranched alkanes of at least 4 members (excludes halogenated alkanes) is 14. The third kappa shape index (κ3) is 28.5. The Hall–Kier alpha value is -2.57. The normalized spacial score (nSPS) is 23.6. The van der Waals surface area contributed by atoms with Crippen LogP contribution in [-0.4, -0.2) is 132 Å². The second-order valence-electron chi connectivity index (χ2n) is 16.5. The number of hydrogen-bond donors (Lipinski definition) is 9. The zero-order valence-corrected chi connectivity index (χ0v) is 39.0. The number of phosphoric ester groups is 1. The second kappa shape index (κ2) is 36.5. The molecule has 1 aliphatic rings. The minimum Gasteiger partial charge on any atom is -0.462 e. The standard InChI is InChI=1S/C47H81O16P/c1-3-5-7-8-9-10-11-12-13-14-15-16-17-22-26-32-41(52)62-37(35-61-64(58,59)63-47-45(56)43(54)42(53)44(55)46(47)57)34-60-40(51)33-27-31-39(50)38(49)30-25-21-19-18-20-24-29-36(48)28-23-6-4-2/h6,18-21,23-25,29-30,36-39,42-50,53-57H,3-5,7-17,22,26-28,31-35H2,1-2H3,(H,58,59)/b20-18+,21-19-,23-6-,29-24+,30-25-/t36-,37-,38+,39+,42?,43-,44+,45-,46-,47?/m1/s1. The maximum Gasteiger partial charge on any atom is 0.472 e. The molecule has 1 rings (SSSR count). The molecule has 3 unspecified atom stereocenters. The van der Waals surface area contributed by atoms with Crippen LogP contribution in [0.5, 0.6) is 0 Å². The van der Waals surface area contributed by atoms with Crippen LogP contribution in [0.25, 0.3) is 0 Å². The highest BCUT2D eigenvalue weighted by atomic mass is 31.2. The van der Waals surface area contributed by atoms with Crippen molar-refractivity contribution in [3.63, 3.8) is 0 Å². The molecule has 16 nitrogen and oxygen atoms in total. The third-order valence-corrected chi connectivity index (χ3v) is 11.7. The Kier molecular flexibility index (Phi) is 33.9. The Morgan fingerprint density at radius 1 is 0.594 bits per heavy atom. The van der Waals surface area contributed by atoms with Crippen molar-refractivity contribution in [1.29, 1.82) is 0 Å². The van der Waals surface area contributed by atoms with E-state index in [1.165, 1.54) is 70.3 Å². The summed E-state index contributed by atoms with van der Waals surface area (Å²) in [5, 5.41) is 80.6. The Labute approximate surface area is 381 Å². The summed E-state index contributed by atoms with van der Waals surface area (Å²) in [6.07, 6.45) is 19.1. The van der Waals surface area contributed by atoms with E-state index in [0.29, 0.717) is 12.8 Å². The van der Waals surface area contributed by atoms with Crippen molar-refractivity contribution in [2.24, 2.45) is 0 Å². The van der Waals surface area contributed by atoms with Crippen molar-refractivity contribution in [3.05, 3.63) is 60.8 Å².